The van der Waals surface area contributed by atoms with Crippen LogP contribution in [0, 0.1) is 5.92 Å². The van der Waals surface area contributed by atoms with Crippen molar-refractivity contribution in [2.45, 2.75) is 58.1 Å². The largest absolute Gasteiger partial charge is 0.445 e. The van der Waals surface area contributed by atoms with Crippen molar-refractivity contribution < 1.29 is 9.21 Å². The van der Waals surface area contributed by atoms with Gasteiger partial charge in [0.2, 0.25) is 0 Å². The maximum absolute atomic E-state index is 12.1. The summed E-state index contributed by atoms with van der Waals surface area (Å²) in [7, 11) is 0. The zero-order valence-corrected chi connectivity index (χ0v) is 12.9. The van der Waals surface area contributed by atoms with Crippen molar-refractivity contribution >= 4 is 17.5 Å². The number of carbonyl (C=O) groups is 1. The highest BCUT2D eigenvalue weighted by Gasteiger charge is 2.30. The van der Waals surface area contributed by atoms with Gasteiger partial charge in [-0.3, -0.25) is 4.79 Å². The van der Waals surface area contributed by atoms with Crippen LogP contribution in [0.15, 0.2) is 4.42 Å². The highest BCUT2D eigenvalue weighted by atomic mass is 32.2. The van der Waals surface area contributed by atoms with Crippen LogP contribution in [0.25, 0.3) is 0 Å². The summed E-state index contributed by atoms with van der Waals surface area (Å²) in [6.07, 6.45) is 4.44. The second-order valence-corrected chi connectivity index (χ2v) is 7.04. The van der Waals surface area contributed by atoms with Crippen molar-refractivity contribution in [2.75, 3.05) is 5.75 Å². The number of aromatic nitrogens is 1. The highest BCUT2D eigenvalue weighted by Crippen LogP contribution is 2.31. The average molecular weight is 281 g/mol. The molecule has 3 nitrogen and oxygen atoms in total. The molecule has 0 spiro atoms. The van der Waals surface area contributed by atoms with Gasteiger partial charge in [-0.2, -0.15) is 11.8 Å². The van der Waals surface area contributed by atoms with E-state index in [1.54, 1.807) is 0 Å². The molecule has 1 aromatic rings. The Kier molecular flexibility index (Phi) is 5.08. The van der Waals surface area contributed by atoms with Gasteiger partial charge in [0.25, 0.3) is 0 Å². The number of ketones is 1. The fraction of sp³-hybridized carbons (Fsp3) is 0.733. The molecule has 4 heteroatoms. The summed E-state index contributed by atoms with van der Waals surface area (Å²) in [4.78, 5) is 16.5. The van der Waals surface area contributed by atoms with E-state index in [1.807, 2.05) is 11.8 Å². The lowest BCUT2D eigenvalue weighted by atomic mass is 9.86. The molecule has 0 radical (unpaired) electrons. The third-order valence-electron chi connectivity index (χ3n) is 3.53. The summed E-state index contributed by atoms with van der Waals surface area (Å²) < 4.78 is 5.75. The van der Waals surface area contributed by atoms with E-state index in [0.717, 1.165) is 43.1 Å². The average Bonchev–Trinajstić information content (AvgIpc) is 2.73. The second kappa shape index (κ2) is 6.60. The van der Waals surface area contributed by atoms with Gasteiger partial charge in [-0.05, 0) is 24.5 Å². The minimum absolute atomic E-state index is 0.172. The third kappa shape index (κ3) is 3.62. The first-order valence-corrected chi connectivity index (χ1v) is 8.32. The Morgan fingerprint density at radius 1 is 1.42 bits per heavy atom. The number of nitrogens with zero attached hydrogens (tertiary/aromatic N) is 1. The van der Waals surface area contributed by atoms with Crippen LogP contribution in [-0.4, -0.2) is 21.8 Å². The quantitative estimate of drug-likeness (QED) is 0.793. The van der Waals surface area contributed by atoms with Crippen LogP contribution >= 0.6 is 11.8 Å². The van der Waals surface area contributed by atoms with E-state index in [4.69, 9.17) is 4.42 Å². The molecular weight excluding hydrogens is 258 g/mol. The normalized spacial score (nSPS) is 20.4. The van der Waals surface area contributed by atoms with Crippen LogP contribution in [0.2, 0.25) is 0 Å². The molecule has 0 aromatic carbocycles. The van der Waals surface area contributed by atoms with E-state index in [9.17, 15) is 4.79 Å². The van der Waals surface area contributed by atoms with Crippen molar-refractivity contribution in [3.63, 3.8) is 0 Å². The van der Waals surface area contributed by atoms with Crippen molar-refractivity contribution in [1.82, 2.24) is 4.98 Å². The number of hydrogen-bond donors (Lipinski definition) is 0. The fourth-order valence-electron chi connectivity index (χ4n) is 2.76. The first-order chi connectivity index (χ1) is 9.13. The summed E-state index contributed by atoms with van der Waals surface area (Å²) in [5, 5.41) is 0.613. The summed E-state index contributed by atoms with van der Waals surface area (Å²) in [6, 6.07) is 0. The molecule has 2 rings (SSSR count). The minimum Gasteiger partial charge on any atom is -0.445 e. The second-order valence-electron chi connectivity index (χ2n) is 5.33. The predicted molar refractivity (Wildman–Crippen MR) is 78.9 cm³/mol. The SMILES string of the molecule is CCCc1nc2c(o1)C[C@@H](C[C@H](C)SCC)CC2=O. The zero-order valence-electron chi connectivity index (χ0n) is 12.1. The summed E-state index contributed by atoms with van der Waals surface area (Å²) in [5.74, 6) is 3.30. The Morgan fingerprint density at radius 2 is 2.21 bits per heavy atom. The molecule has 0 amide bonds. The van der Waals surface area contributed by atoms with Crippen molar-refractivity contribution in [2.24, 2.45) is 5.92 Å². The lowest BCUT2D eigenvalue weighted by molar-refractivity contribution is 0.0937. The lowest BCUT2D eigenvalue weighted by Gasteiger charge is -2.22. The van der Waals surface area contributed by atoms with Crippen LogP contribution in [0.4, 0.5) is 0 Å². The first-order valence-electron chi connectivity index (χ1n) is 7.27. The van der Waals surface area contributed by atoms with E-state index < -0.39 is 0 Å². The Balaban J connectivity index is 2.04. The van der Waals surface area contributed by atoms with Crippen LogP contribution in [-0.2, 0) is 12.8 Å². The molecule has 0 fully saturated rings. The van der Waals surface area contributed by atoms with Gasteiger partial charge in [0, 0.05) is 24.5 Å². The van der Waals surface area contributed by atoms with Crippen molar-refractivity contribution in [1.29, 1.82) is 0 Å². The molecule has 106 valence electrons. The molecule has 0 bridgehead atoms. The number of hydrogen-bond acceptors (Lipinski definition) is 4. The van der Waals surface area contributed by atoms with Gasteiger partial charge in [0.15, 0.2) is 11.7 Å². The van der Waals surface area contributed by atoms with Gasteiger partial charge >= 0.3 is 0 Å². The maximum atomic E-state index is 12.1. The Labute approximate surface area is 119 Å². The number of thioether (sulfide) groups is 1. The van der Waals surface area contributed by atoms with E-state index in [1.165, 1.54) is 0 Å². The topological polar surface area (TPSA) is 43.1 Å². The van der Waals surface area contributed by atoms with Crippen LogP contribution in [0.5, 0.6) is 0 Å². The van der Waals surface area contributed by atoms with E-state index >= 15 is 0 Å². The monoisotopic (exact) mass is 281 g/mol. The van der Waals surface area contributed by atoms with Crippen LogP contribution in [0.1, 0.15) is 62.2 Å². The van der Waals surface area contributed by atoms with E-state index in [-0.39, 0.29) is 5.78 Å². The Morgan fingerprint density at radius 3 is 2.89 bits per heavy atom. The molecule has 1 heterocycles. The molecule has 0 aliphatic heterocycles. The lowest BCUT2D eigenvalue weighted by Crippen LogP contribution is -2.22. The number of fused-ring (bicyclic) bond motifs is 1. The number of oxazole rings is 1. The molecule has 19 heavy (non-hydrogen) atoms. The van der Waals surface area contributed by atoms with Gasteiger partial charge in [-0.15, -0.1) is 0 Å². The van der Waals surface area contributed by atoms with Crippen LogP contribution in [0.3, 0.4) is 0 Å². The van der Waals surface area contributed by atoms with Gasteiger partial charge in [0.1, 0.15) is 11.5 Å². The molecule has 0 saturated carbocycles. The maximum Gasteiger partial charge on any atom is 0.195 e. The third-order valence-corrected chi connectivity index (χ3v) is 4.63. The first kappa shape index (κ1) is 14.6. The van der Waals surface area contributed by atoms with E-state index in [2.05, 4.69) is 25.8 Å². The summed E-state index contributed by atoms with van der Waals surface area (Å²) in [6.45, 7) is 6.52. The molecule has 1 aliphatic rings. The molecule has 1 aromatic heterocycles. The van der Waals surface area contributed by atoms with Crippen molar-refractivity contribution in [3.05, 3.63) is 17.3 Å². The van der Waals surface area contributed by atoms with Gasteiger partial charge < -0.3 is 4.42 Å². The molecule has 2 atom stereocenters. The number of aryl methyl sites for hydroxylation is 1. The van der Waals surface area contributed by atoms with Crippen molar-refractivity contribution in [3.8, 4) is 0 Å². The number of carbonyl (C=O) groups excluding carboxylic acids is 1. The molecule has 0 saturated heterocycles. The molecule has 0 unspecified atom stereocenters. The molecule has 0 N–H and O–H groups in total. The number of Topliss-reactive ketones (excluding diaryl/α,β-unsaturated/α-hetero) is 1. The standard InChI is InChI=1S/C15H23NO2S/c1-4-6-14-16-15-12(17)8-11(9-13(15)18-14)7-10(3)19-5-2/h10-11H,4-9H2,1-3H3/t10-,11-/m0/s1. The zero-order chi connectivity index (χ0) is 13.8. The minimum atomic E-state index is 0.172. The van der Waals surface area contributed by atoms with Gasteiger partial charge in [-0.1, -0.05) is 20.8 Å². The van der Waals surface area contributed by atoms with Crippen LogP contribution < -0.4 is 0 Å². The predicted octanol–water partition coefficient (Wildman–Crippen LogP) is 3.90. The Hall–Kier alpha value is -0.770. The van der Waals surface area contributed by atoms with E-state index in [0.29, 0.717) is 23.3 Å². The fourth-order valence-corrected chi connectivity index (χ4v) is 3.74. The number of rotatable bonds is 6. The molecule has 1 aliphatic carbocycles. The smallest absolute Gasteiger partial charge is 0.195 e. The van der Waals surface area contributed by atoms with Gasteiger partial charge in [-0.25, -0.2) is 4.98 Å². The molecular formula is C15H23NO2S. The Bertz CT molecular complexity index is 441. The van der Waals surface area contributed by atoms with Gasteiger partial charge in [0.05, 0.1) is 0 Å². The summed E-state index contributed by atoms with van der Waals surface area (Å²) in [5.41, 5.74) is 0.607. The highest BCUT2D eigenvalue weighted by molar-refractivity contribution is 7.99. The summed E-state index contributed by atoms with van der Waals surface area (Å²) >= 11 is 1.96.